The van der Waals surface area contributed by atoms with E-state index < -0.39 is 0 Å². The second kappa shape index (κ2) is 6.77. The van der Waals surface area contributed by atoms with Gasteiger partial charge in [0.25, 0.3) is 0 Å². The van der Waals surface area contributed by atoms with Crippen LogP contribution in [0.4, 0.5) is 0 Å². The summed E-state index contributed by atoms with van der Waals surface area (Å²) in [5.41, 5.74) is 2.65. The van der Waals surface area contributed by atoms with Crippen LogP contribution < -0.4 is 0 Å². The van der Waals surface area contributed by atoms with Gasteiger partial charge in [0.1, 0.15) is 0 Å². The first kappa shape index (κ1) is 15.6. The van der Waals surface area contributed by atoms with Gasteiger partial charge in [0.05, 0.1) is 6.10 Å². The minimum atomic E-state index is -0.296. The lowest BCUT2D eigenvalue weighted by Crippen LogP contribution is -2.26. The molecule has 3 heteroatoms. The lowest BCUT2D eigenvalue weighted by Gasteiger charge is -2.34. The Morgan fingerprint density at radius 2 is 2.10 bits per heavy atom. The fourth-order valence-electron chi connectivity index (χ4n) is 3.08. The van der Waals surface area contributed by atoms with E-state index in [0.29, 0.717) is 0 Å². The van der Waals surface area contributed by atoms with Crippen LogP contribution >= 0.6 is 0 Å². The fourth-order valence-corrected chi connectivity index (χ4v) is 3.08. The Balaban J connectivity index is 1.88. The maximum Gasteiger partial charge on any atom is 0.0812 e. The predicted molar refractivity (Wildman–Crippen MR) is 81.8 cm³/mol. The zero-order chi connectivity index (χ0) is 14.6. The molecule has 0 radical (unpaired) electrons. The molecule has 0 saturated carbocycles. The Hall–Kier alpha value is -0.800. The molecule has 0 amide bonds. The minimum absolute atomic E-state index is 0.195. The Bertz CT molecular complexity index is 423. The highest BCUT2D eigenvalue weighted by Gasteiger charge is 2.32. The third-order valence-corrected chi connectivity index (χ3v) is 4.19. The third kappa shape index (κ3) is 3.86. The van der Waals surface area contributed by atoms with Crippen molar-refractivity contribution in [3.63, 3.8) is 0 Å². The number of rotatable bonds is 7. The molecule has 1 heterocycles. The summed E-state index contributed by atoms with van der Waals surface area (Å²) in [5, 5.41) is 10.2. The molecule has 0 fully saturated rings. The van der Waals surface area contributed by atoms with Crippen molar-refractivity contribution >= 4 is 0 Å². The number of nitrogens with zero attached hydrogens (tertiary/aromatic N) is 1. The molecule has 3 nitrogen and oxygen atoms in total. The van der Waals surface area contributed by atoms with Crippen molar-refractivity contribution < 1.29 is 9.84 Å². The highest BCUT2D eigenvalue weighted by atomic mass is 16.5. The Labute approximate surface area is 122 Å². The first-order valence-corrected chi connectivity index (χ1v) is 7.97. The summed E-state index contributed by atoms with van der Waals surface area (Å²) in [6.07, 6.45) is 7.14. The molecule has 1 aromatic rings. The van der Waals surface area contributed by atoms with Crippen LogP contribution in [0.2, 0.25) is 0 Å². The van der Waals surface area contributed by atoms with Crippen LogP contribution in [-0.4, -0.2) is 22.9 Å². The van der Waals surface area contributed by atoms with E-state index in [-0.39, 0.29) is 11.5 Å². The van der Waals surface area contributed by atoms with Crippen LogP contribution in [0.1, 0.15) is 63.8 Å². The molecule has 0 saturated heterocycles. The number of fused-ring (bicyclic) bond motifs is 1. The molecule has 1 atom stereocenters. The van der Waals surface area contributed by atoms with Gasteiger partial charge in [-0.1, -0.05) is 27.2 Å². The fraction of sp³-hybridized carbons (Fsp3) is 0.765. The van der Waals surface area contributed by atoms with E-state index in [0.717, 1.165) is 51.0 Å². The molecule has 20 heavy (non-hydrogen) atoms. The van der Waals surface area contributed by atoms with E-state index in [1.54, 1.807) is 0 Å². The van der Waals surface area contributed by atoms with Crippen molar-refractivity contribution in [2.45, 2.75) is 65.5 Å². The molecule has 1 unspecified atom stereocenters. The maximum absolute atomic E-state index is 10.2. The summed E-state index contributed by atoms with van der Waals surface area (Å²) in [4.78, 5) is 0. The average molecular weight is 279 g/mol. The van der Waals surface area contributed by atoms with Gasteiger partial charge in [-0.2, -0.15) is 0 Å². The summed E-state index contributed by atoms with van der Waals surface area (Å²) < 4.78 is 7.92. The van der Waals surface area contributed by atoms with Crippen LogP contribution in [0, 0.1) is 5.41 Å². The van der Waals surface area contributed by atoms with Gasteiger partial charge in [-0.15, -0.1) is 0 Å². The molecule has 0 spiro atoms. The van der Waals surface area contributed by atoms with Crippen LogP contribution in [0.15, 0.2) is 12.3 Å². The molecule has 2 rings (SSSR count). The van der Waals surface area contributed by atoms with Gasteiger partial charge < -0.3 is 14.4 Å². The van der Waals surface area contributed by atoms with Crippen molar-refractivity contribution in [1.29, 1.82) is 0 Å². The van der Waals surface area contributed by atoms with Crippen LogP contribution in [0.3, 0.4) is 0 Å². The van der Waals surface area contributed by atoms with Gasteiger partial charge in [0.15, 0.2) is 0 Å². The highest BCUT2D eigenvalue weighted by Crippen LogP contribution is 2.41. The number of hydrogen-bond donors (Lipinski definition) is 1. The van der Waals surface area contributed by atoms with Crippen molar-refractivity contribution in [3.8, 4) is 0 Å². The molecular weight excluding hydrogens is 250 g/mol. The molecule has 114 valence electrons. The van der Waals surface area contributed by atoms with E-state index in [9.17, 15) is 5.11 Å². The summed E-state index contributed by atoms with van der Waals surface area (Å²) >= 11 is 0. The first-order chi connectivity index (χ1) is 9.53. The zero-order valence-corrected chi connectivity index (χ0v) is 13.2. The summed E-state index contributed by atoms with van der Waals surface area (Å²) in [5.74, 6) is 0. The second-order valence-electron chi connectivity index (χ2n) is 6.79. The Morgan fingerprint density at radius 3 is 2.85 bits per heavy atom. The Morgan fingerprint density at radius 1 is 1.35 bits per heavy atom. The number of aliphatic hydroxyl groups excluding tert-OH is 1. The number of hydrogen-bond acceptors (Lipinski definition) is 2. The summed E-state index contributed by atoms with van der Waals surface area (Å²) in [6.45, 7) is 9.37. The molecule has 1 aliphatic rings. The maximum atomic E-state index is 10.2. The van der Waals surface area contributed by atoms with E-state index >= 15 is 0 Å². The molecule has 1 N–H and O–H groups in total. The van der Waals surface area contributed by atoms with Crippen molar-refractivity contribution in [2.75, 3.05) is 13.2 Å². The molecular formula is C17H29NO2. The first-order valence-electron chi connectivity index (χ1n) is 7.97. The monoisotopic (exact) mass is 279 g/mol. The van der Waals surface area contributed by atoms with Crippen molar-refractivity contribution in [3.05, 3.63) is 23.5 Å². The van der Waals surface area contributed by atoms with E-state index in [1.807, 2.05) is 0 Å². The quantitative estimate of drug-likeness (QED) is 0.772. The van der Waals surface area contributed by atoms with Crippen molar-refractivity contribution in [2.24, 2.45) is 5.41 Å². The summed E-state index contributed by atoms with van der Waals surface area (Å²) in [6, 6.07) is 2.09. The average Bonchev–Trinajstić information content (AvgIpc) is 2.75. The molecule has 0 aromatic carbocycles. The van der Waals surface area contributed by atoms with Gasteiger partial charge in [0.2, 0.25) is 0 Å². The molecule has 0 aliphatic heterocycles. The second-order valence-corrected chi connectivity index (χ2v) is 6.79. The molecule has 0 bridgehead atoms. The van der Waals surface area contributed by atoms with Gasteiger partial charge in [-0.25, -0.2) is 0 Å². The lowest BCUT2D eigenvalue weighted by atomic mass is 9.75. The van der Waals surface area contributed by atoms with Gasteiger partial charge in [0, 0.05) is 37.2 Å². The third-order valence-electron chi connectivity index (χ3n) is 4.19. The normalized spacial score (nSPS) is 20.9. The smallest absolute Gasteiger partial charge is 0.0812 e. The molecule has 1 aromatic heterocycles. The van der Waals surface area contributed by atoms with E-state index in [4.69, 9.17) is 4.74 Å². The van der Waals surface area contributed by atoms with Gasteiger partial charge in [-0.3, -0.25) is 0 Å². The van der Waals surface area contributed by atoms with Gasteiger partial charge in [-0.05, 0) is 37.2 Å². The van der Waals surface area contributed by atoms with Crippen LogP contribution in [0.25, 0.3) is 0 Å². The number of aromatic nitrogens is 1. The standard InChI is InChI=1S/C17H29NO2/c1-4-5-10-20-11-6-8-18-9-7-14-15(18)12-17(2,3)13-16(14)19/h7,9,16,19H,4-6,8,10-13H2,1-3H3. The summed E-state index contributed by atoms with van der Waals surface area (Å²) in [7, 11) is 0. The SMILES string of the molecule is CCCCOCCCn1ccc2c1CC(C)(C)CC2O. The number of aliphatic hydroxyl groups is 1. The van der Waals surface area contributed by atoms with Crippen LogP contribution in [0.5, 0.6) is 0 Å². The topological polar surface area (TPSA) is 34.4 Å². The zero-order valence-electron chi connectivity index (χ0n) is 13.2. The van der Waals surface area contributed by atoms with Crippen molar-refractivity contribution in [1.82, 2.24) is 4.57 Å². The lowest BCUT2D eigenvalue weighted by molar-refractivity contribution is 0.0972. The van der Waals surface area contributed by atoms with E-state index in [2.05, 4.69) is 37.6 Å². The Kier molecular flexibility index (Phi) is 5.28. The molecule has 1 aliphatic carbocycles. The minimum Gasteiger partial charge on any atom is -0.388 e. The number of aryl methyl sites for hydroxylation is 1. The highest BCUT2D eigenvalue weighted by molar-refractivity contribution is 5.29. The van der Waals surface area contributed by atoms with Gasteiger partial charge >= 0.3 is 0 Å². The van der Waals surface area contributed by atoms with E-state index in [1.165, 1.54) is 12.1 Å². The van der Waals surface area contributed by atoms with Crippen LogP contribution in [-0.2, 0) is 17.7 Å². The number of unbranched alkanes of at least 4 members (excludes halogenated alkanes) is 1. The predicted octanol–water partition coefficient (Wildman–Crippen LogP) is 3.70. The largest absolute Gasteiger partial charge is 0.388 e. The number of ether oxygens (including phenoxy) is 1.